The van der Waals surface area contributed by atoms with E-state index in [0.29, 0.717) is 5.56 Å². The van der Waals surface area contributed by atoms with Crippen molar-refractivity contribution < 1.29 is 14.0 Å². The molecule has 0 spiro atoms. The van der Waals surface area contributed by atoms with Crippen molar-refractivity contribution in [3.05, 3.63) is 34.6 Å². The Kier molecular flexibility index (Phi) is 2.92. The molecule has 1 unspecified atom stereocenters. The standard InChI is InChI=1S/C11H9ClFNO2/c12-8-2-1-6(3-9(8)13)10-4-7(15)5-11(16)14-10/h1-3,10H,4-5H2,(H,14,16). The molecule has 1 saturated heterocycles. The summed E-state index contributed by atoms with van der Waals surface area (Å²) in [7, 11) is 0. The fourth-order valence-electron chi connectivity index (χ4n) is 1.71. The van der Waals surface area contributed by atoms with Crippen LogP contribution in [0.2, 0.25) is 5.02 Å². The number of carbonyl (C=O) groups excluding carboxylic acids is 2. The van der Waals surface area contributed by atoms with Crippen LogP contribution >= 0.6 is 11.6 Å². The Morgan fingerprint density at radius 3 is 2.75 bits per heavy atom. The van der Waals surface area contributed by atoms with E-state index in [1.54, 1.807) is 6.07 Å². The number of piperidine rings is 1. The Balaban J connectivity index is 2.26. The van der Waals surface area contributed by atoms with Crippen molar-refractivity contribution in [2.75, 3.05) is 0 Å². The molecule has 1 amide bonds. The first-order valence-corrected chi connectivity index (χ1v) is 5.20. The molecule has 1 N–H and O–H groups in total. The fourth-order valence-corrected chi connectivity index (χ4v) is 1.82. The highest BCUT2D eigenvalue weighted by Crippen LogP contribution is 2.24. The van der Waals surface area contributed by atoms with Crippen molar-refractivity contribution in [3.63, 3.8) is 0 Å². The van der Waals surface area contributed by atoms with Crippen LogP contribution in [0.3, 0.4) is 0 Å². The smallest absolute Gasteiger partial charge is 0.227 e. The number of rotatable bonds is 1. The molecule has 0 aliphatic carbocycles. The minimum absolute atomic E-state index is 0.0252. The number of benzene rings is 1. The molecule has 1 atom stereocenters. The number of amides is 1. The summed E-state index contributed by atoms with van der Waals surface area (Å²) >= 11 is 5.55. The number of halogens is 2. The van der Waals surface area contributed by atoms with Gasteiger partial charge in [-0.15, -0.1) is 0 Å². The molecule has 1 aromatic rings. The molecule has 1 fully saturated rings. The molecule has 1 heterocycles. The summed E-state index contributed by atoms with van der Waals surface area (Å²) in [6.07, 6.45) is 0.111. The second kappa shape index (κ2) is 4.22. The summed E-state index contributed by atoms with van der Waals surface area (Å²) in [5.41, 5.74) is 0.559. The number of Topliss-reactive ketones (excluding diaryl/α,β-unsaturated/α-hetero) is 1. The van der Waals surface area contributed by atoms with E-state index in [1.165, 1.54) is 12.1 Å². The van der Waals surface area contributed by atoms with E-state index in [1.807, 2.05) is 0 Å². The van der Waals surface area contributed by atoms with Gasteiger partial charge in [-0.3, -0.25) is 9.59 Å². The summed E-state index contributed by atoms with van der Waals surface area (Å²) in [5.74, 6) is -1.01. The van der Waals surface area contributed by atoms with Crippen LogP contribution in [0.4, 0.5) is 4.39 Å². The third-order valence-electron chi connectivity index (χ3n) is 2.47. The van der Waals surface area contributed by atoms with Crippen LogP contribution < -0.4 is 5.32 Å². The van der Waals surface area contributed by atoms with Gasteiger partial charge in [-0.25, -0.2) is 4.39 Å². The lowest BCUT2D eigenvalue weighted by Gasteiger charge is -2.22. The first-order valence-electron chi connectivity index (χ1n) is 4.82. The predicted octanol–water partition coefficient (Wildman–Crippen LogP) is 2.00. The van der Waals surface area contributed by atoms with Gasteiger partial charge in [0.15, 0.2) is 0 Å². The molecule has 5 heteroatoms. The molecule has 1 aromatic carbocycles. The minimum Gasteiger partial charge on any atom is -0.348 e. The van der Waals surface area contributed by atoms with Gasteiger partial charge >= 0.3 is 0 Å². The minimum atomic E-state index is -0.550. The molecule has 2 rings (SSSR count). The molecule has 1 aliphatic heterocycles. The van der Waals surface area contributed by atoms with Crippen molar-refractivity contribution in [2.45, 2.75) is 18.9 Å². The normalized spacial score (nSPS) is 20.8. The van der Waals surface area contributed by atoms with Gasteiger partial charge in [-0.2, -0.15) is 0 Å². The Morgan fingerprint density at radius 2 is 2.12 bits per heavy atom. The van der Waals surface area contributed by atoms with Gasteiger partial charge in [0.1, 0.15) is 11.6 Å². The highest BCUT2D eigenvalue weighted by Gasteiger charge is 2.25. The maximum absolute atomic E-state index is 13.2. The van der Waals surface area contributed by atoms with Crippen LogP contribution in [0.5, 0.6) is 0 Å². The average Bonchev–Trinajstić information content (AvgIpc) is 2.20. The van der Waals surface area contributed by atoms with Crippen LogP contribution in [0.15, 0.2) is 18.2 Å². The molecule has 3 nitrogen and oxygen atoms in total. The first-order chi connectivity index (χ1) is 7.56. The van der Waals surface area contributed by atoms with E-state index in [9.17, 15) is 14.0 Å². The van der Waals surface area contributed by atoms with Crippen molar-refractivity contribution in [1.82, 2.24) is 5.32 Å². The summed E-state index contributed by atoms with van der Waals surface area (Å²) in [6, 6.07) is 3.82. The van der Waals surface area contributed by atoms with Crippen LogP contribution in [0.1, 0.15) is 24.4 Å². The molecule has 0 radical (unpaired) electrons. The summed E-state index contributed by atoms with van der Waals surface area (Å²) < 4.78 is 13.2. The van der Waals surface area contributed by atoms with Gasteiger partial charge in [0.2, 0.25) is 5.91 Å². The maximum atomic E-state index is 13.2. The van der Waals surface area contributed by atoms with Gasteiger partial charge in [-0.05, 0) is 17.7 Å². The van der Waals surface area contributed by atoms with Crippen LogP contribution in [0, 0.1) is 5.82 Å². The number of hydrogen-bond donors (Lipinski definition) is 1. The average molecular weight is 242 g/mol. The third kappa shape index (κ3) is 2.22. The SMILES string of the molecule is O=C1CC(=O)NC(c2ccc(Cl)c(F)c2)C1. The molecular formula is C11H9ClFNO2. The van der Waals surface area contributed by atoms with Crippen LogP contribution in [-0.2, 0) is 9.59 Å². The quantitative estimate of drug-likeness (QED) is 0.765. The van der Waals surface area contributed by atoms with Crippen molar-refractivity contribution in [1.29, 1.82) is 0 Å². The van der Waals surface area contributed by atoms with Gasteiger partial charge in [-0.1, -0.05) is 17.7 Å². The Morgan fingerprint density at radius 1 is 1.38 bits per heavy atom. The number of hydrogen-bond acceptors (Lipinski definition) is 2. The molecule has 0 saturated carbocycles. The Hall–Kier alpha value is -1.42. The van der Waals surface area contributed by atoms with Crippen molar-refractivity contribution in [2.24, 2.45) is 0 Å². The monoisotopic (exact) mass is 241 g/mol. The lowest BCUT2D eigenvalue weighted by Crippen LogP contribution is -2.36. The van der Waals surface area contributed by atoms with E-state index in [4.69, 9.17) is 11.6 Å². The van der Waals surface area contributed by atoms with E-state index < -0.39 is 11.9 Å². The van der Waals surface area contributed by atoms with Crippen molar-refractivity contribution >= 4 is 23.3 Å². The first kappa shape index (κ1) is 11.1. The van der Waals surface area contributed by atoms with Gasteiger partial charge in [0.05, 0.1) is 17.5 Å². The number of nitrogens with one attached hydrogen (secondary N) is 1. The third-order valence-corrected chi connectivity index (χ3v) is 2.78. The van der Waals surface area contributed by atoms with E-state index >= 15 is 0 Å². The zero-order chi connectivity index (χ0) is 11.7. The highest BCUT2D eigenvalue weighted by molar-refractivity contribution is 6.30. The lowest BCUT2D eigenvalue weighted by molar-refractivity contribution is -0.132. The zero-order valence-electron chi connectivity index (χ0n) is 8.30. The number of ketones is 1. The summed E-state index contributed by atoms with van der Waals surface area (Å²) in [5, 5.41) is 2.67. The van der Waals surface area contributed by atoms with E-state index in [-0.39, 0.29) is 29.6 Å². The van der Waals surface area contributed by atoms with Crippen molar-refractivity contribution in [3.8, 4) is 0 Å². The summed E-state index contributed by atoms with van der Waals surface area (Å²) in [4.78, 5) is 22.4. The van der Waals surface area contributed by atoms with Crippen LogP contribution in [-0.4, -0.2) is 11.7 Å². The zero-order valence-corrected chi connectivity index (χ0v) is 9.05. The Labute approximate surface area is 96.6 Å². The molecular weight excluding hydrogens is 233 g/mol. The van der Waals surface area contributed by atoms with Gasteiger partial charge < -0.3 is 5.32 Å². The maximum Gasteiger partial charge on any atom is 0.227 e. The number of carbonyl (C=O) groups is 2. The molecule has 0 bridgehead atoms. The summed E-state index contributed by atoms with van der Waals surface area (Å²) in [6.45, 7) is 0. The topological polar surface area (TPSA) is 46.2 Å². The van der Waals surface area contributed by atoms with Gasteiger partial charge in [0, 0.05) is 6.42 Å². The molecule has 84 valence electrons. The second-order valence-corrected chi connectivity index (χ2v) is 4.12. The highest BCUT2D eigenvalue weighted by atomic mass is 35.5. The van der Waals surface area contributed by atoms with Crippen LogP contribution in [0.25, 0.3) is 0 Å². The molecule has 0 aromatic heterocycles. The molecule has 16 heavy (non-hydrogen) atoms. The largest absolute Gasteiger partial charge is 0.348 e. The second-order valence-electron chi connectivity index (χ2n) is 3.71. The lowest BCUT2D eigenvalue weighted by atomic mass is 9.96. The van der Waals surface area contributed by atoms with E-state index in [2.05, 4.69) is 5.32 Å². The van der Waals surface area contributed by atoms with E-state index in [0.717, 1.165) is 0 Å². The molecule has 1 aliphatic rings. The predicted molar refractivity (Wildman–Crippen MR) is 56.5 cm³/mol. The Bertz CT molecular complexity index is 445. The fraction of sp³-hybridized carbons (Fsp3) is 0.273. The van der Waals surface area contributed by atoms with Gasteiger partial charge in [0.25, 0.3) is 0 Å².